The summed E-state index contributed by atoms with van der Waals surface area (Å²) >= 11 is 0. The number of anilines is 1. The van der Waals surface area contributed by atoms with Gasteiger partial charge in [-0.2, -0.15) is 0 Å². The third-order valence-electron chi connectivity index (χ3n) is 6.11. The first-order valence-electron chi connectivity index (χ1n) is 11.4. The van der Waals surface area contributed by atoms with Crippen molar-refractivity contribution < 1.29 is 14.3 Å². The molecule has 0 spiro atoms. The average Bonchev–Trinajstić information content (AvgIpc) is 2.76. The molecule has 1 aromatic rings. The van der Waals surface area contributed by atoms with Crippen LogP contribution in [0.3, 0.4) is 0 Å². The van der Waals surface area contributed by atoms with E-state index in [9.17, 15) is 9.59 Å². The Bertz CT molecular complexity index is 618. The molecule has 0 unspecified atom stereocenters. The summed E-state index contributed by atoms with van der Waals surface area (Å²) in [5.74, 6) is 0.692. The lowest BCUT2D eigenvalue weighted by atomic mass is 9.79. The quantitative estimate of drug-likeness (QED) is 0.522. The molecule has 5 nitrogen and oxygen atoms in total. The molecule has 1 saturated carbocycles. The van der Waals surface area contributed by atoms with Gasteiger partial charge >= 0.3 is 5.97 Å². The zero-order valence-electron chi connectivity index (χ0n) is 18.4. The second kappa shape index (κ2) is 12.6. The first kappa shape index (κ1) is 23.4. The van der Waals surface area contributed by atoms with Gasteiger partial charge in [0.05, 0.1) is 5.56 Å². The lowest BCUT2D eigenvalue weighted by Gasteiger charge is -2.27. The van der Waals surface area contributed by atoms with Crippen LogP contribution in [0.1, 0.15) is 76.1 Å². The summed E-state index contributed by atoms with van der Waals surface area (Å²) in [6.07, 6.45) is 8.14. The van der Waals surface area contributed by atoms with E-state index in [1.165, 1.54) is 19.3 Å². The fraction of sp³-hybridized carbons (Fsp3) is 0.667. The number of likely N-dealkylation sites (N-methyl/N-ethyl adjacent to an activating group) is 1. The predicted octanol–water partition coefficient (Wildman–Crippen LogP) is 5.12. The number of unbranched alkanes of at least 4 members (excludes halogenated alkanes) is 1. The largest absolute Gasteiger partial charge is 0.461 e. The molecule has 1 N–H and O–H groups in total. The number of ether oxygens (including phenoxy) is 1. The van der Waals surface area contributed by atoms with Crippen molar-refractivity contribution in [1.29, 1.82) is 0 Å². The van der Waals surface area contributed by atoms with Crippen LogP contribution in [-0.2, 0) is 9.53 Å². The highest BCUT2D eigenvalue weighted by Crippen LogP contribution is 2.32. The number of carbonyl (C=O) groups excluding carboxylic acids is 2. The minimum Gasteiger partial charge on any atom is -0.461 e. The predicted molar refractivity (Wildman–Crippen MR) is 118 cm³/mol. The molecular weight excluding hydrogens is 364 g/mol. The highest BCUT2D eigenvalue weighted by molar-refractivity contribution is 5.94. The maximum Gasteiger partial charge on any atom is 0.338 e. The van der Waals surface area contributed by atoms with E-state index >= 15 is 0 Å². The summed E-state index contributed by atoms with van der Waals surface area (Å²) < 4.78 is 5.35. The van der Waals surface area contributed by atoms with E-state index in [-0.39, 0.29) is 17.8 Å². The second-order valence-electron chi connectivity index (χ2n) is 8.09. The van der Waals surface area contributed by atoms with Crippen LogP contribution in [0.15, 0.2) is 24.3 Å². The Hall–Kier alpha value is -1.88. The molecule has 29 heavy (non-hydrogen) atoms. The fourth-order valence-corrected chi connectivity index (χ4v) is 4.03. The molecule has 0 heterocycles. The van der Waals surface area contributed by atoms with Gasteiger partial charge in [0.15, 0.2) is 0 Å². The van der Waals surface area contributed by atoms with Gasteiger partial charge in [0.1, 0.15) is 6.61 Å². The summed E-state index contributed by atoms with van der Waals surface area (Å²) in [4.78, 5) is 26.9. The Morgan fingerprint density at radius 1 is 1.03 bits per heavy atom. The zero-order valence-corrected chi connectivity index (χ0v) is 18.4. The first-order chi connectivity index (χ1) is 14.1. The van der Waals surface area contributed by atoms with Gasteiger partial charge in [0.2, 0.25) is 5.91 Å². The van der Waals surface area contributed by atoms with Gasteiger partial charge in [0.25, 0.3) is 0 Å². The fourth-order valence-electron chi connectivity index (χ4n) is 4.03. The summed E-state index contributed by atoms with van der Waals surface area (Å²) in [6, 6.07) is 7.01. The van der Waals surface area contributed by atoms with Crippen molar-refractivity contribution in [1.82, 2.24) is 4.90 Å². The standard InChI is InChI=1S/C24H38N2O3/c1-4-7-8-19-9-11-20(12-10-19)23(27)25-22-15-13-21(14-16-22)24(28)29-18-17-26(5-2)6-3/h13-16,19-20H,4-12,17-18H2,1-3H3,(H,25,27). The number of nitrogens with zero attached hydrogens (tertiary/aromatic N) is 1. The van der Waals surface area contributed by atoms with Gasteiger partial charge < -0.3 is 15.0 Å². The van der Waals surface area contributed by atoms with Crippen molar-refractivity contribution in [3.8, 4) is 0 Å². The molecule has 1 amide bonds. The highest BCUT2D eigenvalue weighted by Gasteiger charge is 2.26. The van der Waals surface area contributed by atoms with Gasteiger partial charge in [-0.25, -0.2) is 4.79 Å². The topological polar surface area (TPSA) is 58.6 Å². The maximum atomic E-state index is 12.6. The lowest BCUT2D eigenvalue weighted by Crippen LogP contribution is -2.28. The molecule has 0 saturated heterocycles. The monoisotopic (exact) mass is 402 g/mol. The van der Waals surface area contributed by atoms with Crippen LogP contribution in [0.5, 0.6) is 0 Å². The number of esters is 1. The molecule has 1 aromatic carbocycles. The first-order valence-corrected chi connectivity index (χ1v) is 11.4. The van der Waals surface area contributed by atoms with Gasteiger partial charge in [0, 0.05) is 18.2 Å². The zero-order chi connectivity index (χ0) is 21.1. The molecule has 0 bridgehead atoms. The molecule has 0 radical (unpaired) electrons. The van der Waals surface area contributed by atoms with Gasteiger partial charge in [-0.15, -0.1) is 0 Å². The Kier molecular flexibility index (Phi) is 10.2. The van der Waals surface area contributed by atoms with E-state index in [4.69, 9.17) is 4.74 Å². The molecule has 1 aliphatic rings. The van der Waals surface area contributed by atoms with E-state index in [0.29, 0.717) is 12.2 Å². The van der Waals surface area contributed by atoms with Crippen molar-refractivity contribution >= 4 is 17.6 Å². The van der Waals surface area contributed by atoms with E-state index < -0.39 is 0 Å². The number of benzene rings is 1. The van der Waals surface area contributed by atoms with Crippen LogP contribution in [-0.4, -0.2) is 43.0 Å². The highest BCUT2D eigenvalue weighted by atomic mass is 16.5. The van der Waals surface area contributed by atoms with Crippen LogP contribution in [0.2, 0.25) is 0 Å². The van der Waals surface area contributed by atoms with Crippen molar-refractivity contribution in [2.75, 3.05) is 31.6 Å². The minimum absolute atomic E-state index is 0.105. The number of rotatable bonds is 11. The molecule has 0 aliphatic heterocycles. The Morgan fingerprint density at radius 3 is 2.28 bits per heavy atom. The molecule has 5 heteroatoms. The Balaban J connectivity index is 1.75. The normalized spacial score (nSPS) is 19.2. The van der Waals surface area contributed by atoms with Crippen LogP contribution < -0.4 is 5.32 Å². The van der Waals surface area contributed by atoms with Crippen molar-refractivity contribution in [3.05, 3.63) is 29.8 Å². The van der Waals surface area contributed by atoms with Crippen LogP contribution >= 0.6 is 0 Å². The number of hydrogen-bond donors (Lipinski definition) is 1. The lowest BCUT2D eigenvalue weighted by molar-refractivity contribution is -0.121. The molecular formula is C24H38N2O3. The summed E-state index contributed by atoms with van der Waals surface area (Å²) in [5, 5.41) is 3.01. The van der Waals surface area contributed by atoms with Crippen molar-refractivity contribution in [2.24, 2.45) is 11.8 Å². The van der Waals surface area contributed by atoms with Gasteiger partial charge in [-0.05, 0) is 69.0 Å². The van der Waals surface area contributed by atoms with Crippen molar-refractivity contribution in [3.63, 3.8) is 0 Å². The van der Waals surface area contributed by atoms with Crippen LogP contribution in [0, 0.1) is 11.8 Å². The number of nitrogens with one attached hydrogen (secondary N) is 1. The number of amides is 1. The van der Waals surface area contributed by atoms with E-state index in [1.807, 2.05) is 0 Å². The van der Waals surface area contributed by atoms with Crippen LogP contribution in [0.25, 0.3) is 0 Å². The molecule has 1 fully saturated rings. The third kappa shape index (κ3) is 7.81. The summed E-state index contributed by atoms with van der Waals surface area (Å²) in [7, 11) is 0. The molecule has 0 aromatic heterocycles. The number of carbonyl (C=O) groups is 2. The van der Waals surface area contributed by atoms with E-state index in [0.717, 1.165) is 56.9 Å². The maximum absolute atomic E-state index is 12.6. The SMILES string of the molecule is CCCCC1CCC(C(=O)Nc2ccc(C(=O)OCCN(CC)CC)cc2)CC1. The smallest absolute Gasteiger partial charge is 0.338 e. The Labute approximate surface area is 176 Å². The van der Waals surface area contributed by atoms with E-state index in [1.54, 1.807) is 24.3 Å². The van der Waals surface area contributed by atoms with Crippen LogP contribution in [0.4, 0.5) is 5.69 Å². The summed E-state index contributed by atoms with van der Waals surface area (Å²) in [5.41, 5.74) is 1.25. The molecule has 0 atom stereocenters. The third-order valence-corrected chi connectivity index (χ3v) is 6.11. The average molecular weight is 403 g/mol. The number of hydrogen-bond acceptors (Lipinski definition) is 4. The Morgan fingerprint density at radius 2 is 1.69 bits per heavy atom. The summed E-state index contributed by atoms with van der Waals surface area (Å²) in [6.45, 7) is 9.45. The van der Waals surface area contributed by atoms with Gasteiger partial charge in [-0.3, -0.25) is 4.79 Å². The molecule has 2 rings (SSSR count). The van der Waals surface area contributed by atoms with Crippen molar-refractivity contribution in [2.45, 2.75) is 65.7 Å². The minimum atomic E-state index is -0.319. The molecule has 1 aliphatic carbocycles. The van der Waals surface area contributed by atoms with Gasteiger partial charge in [-0.1, -0.05) is 40.0 Å². The molecule has 162 valence electrons. The van der Waals surface area contributed by atoms with E-state index in [2.05, 4.69) is 31.0 Å². The second-order valence-corrected chi connectivity index (χ2v) is 8.09.